The van der Waals surface area contributed by atoms with Gasteiger partial charge in [-0.05, 0) is 24.2 Å². The molecule has 2 aliphatic rings. The molecule has 2 atom stereocenters. The molecule has 0 spiro atoms. The summed E-state index contributed by atoms with van der Waals surface area (Å²) in [5, 5.41) is 4.81. The van der Waals surface area contributed by atoms with E-state index >= 15 is 0 Å². The molecular weight excluding hydrogens is 204 g/mol. The van der Waals surface area contributed by atoms with Crippen LogP contribution in [0.5, 0.6) is 0 Å². The molecule has 0 aromatic carbocycles. The van der Waals surface area contributed by atoms with E-state index in [1.807, 2.05) is 11.8 Å². The molecule has 2 rings (SSSR count). The van der Waals surface area contributed by atoms with Gasteiger partial charge in [0, 0.05) is 18.3 Å². The fourth-order valence-electron chi connectivity index (χ4n) is 2.25. The number of thioether (sulfide) groups is 1. The van der Waals surface area contributed by atoms with Gasteiger partial charge in [-0.2, -0.15) is 0 Å². The maximum absolute atomic E-state index is 4.65. The average Bonchev–Trinajstić information content (AvgIpc) is 2.56. The van der Waals surface area contributed by atoms with Crippen LogP contribution >= 0.6 is 11.8 Å². The van der Waals surface area contributed by atoms with Gasteiger partial charge in [0.15, 0.2) is 5.17 Å². The number of hydrogen-bond donors (Lipinski definition) is 1. The van der Waals surface area contributed by atoms with Gasteiger partial charge in [-0.25, -0.2) is 0 Å². The Morgan fingerprint density at radius 1 is 1.40 bits per heavy atom. The Morgan fingerprint density at radius 3 is 2.73 bits per heavy atom. The molecule has 0 aromatic heterocycles. The van der Waals surface area contributed by atoms with Crippen molar-refractivity contribution in [1.82, 2.24) is 5.32 Å². The highest BCUT2D eigenvalue weighted by Crippen LogP contribution is 2.29. The van der Waals surface area contributed by atoms with Crippen LogP contribution < -0.4 is 5.32 Å². The molecule has 0 bridgehead atoms. The van der Waals surface area contributed by atoms with Crippen molar-refractivity contribution in [2.45, 2.75) is 46.1 Å². The summed E-state index contributed by atoms with van der Waals surface area (Å²) in [7, 11) is 0. The Labute approximate surface area is 97.3 Å². The molecular formula is C12H22N2S. The summed E-state index contributed by atoms with van der Waals surface area (Å²) in [5.41, 5.74) is 0.386. The summed E-state index contributed by atoms with van der Waals surface area (Å²) in [6.07, 6.45) is 4.08. The van der Waals surface area contributed by atoms with Gasteiger partial charge in [-0.1, -0.05) is 39.0 Å². The van der Waals surface area contributed by atoms with Crippen LogP contribution in [-0.2, 0) is 0 Å². The molecule has 86 valence electrons. The average molecular weight is 226 g/mol. The molecule has 0 saturated heterocycles. The second-order valence-electron chi connectivity index (χ2n) is 5.73. The molecule has 0 radical (unpaired) electrons. The van der Waals surface area contributed by atoms with Crippen molar-refractivity contribution in [3.8, 4) is 0 Å². The topological polar surface area (TPSA) is 24.4 Å². The van der Waals surface area contributed by atoms with Gasteiger partial charge in [0.1, 0.15) is 0 Å². The lowest BCUT2D eigenvalue weighted by Gasteiger charge is -2.29. The number of amidine groups is 1. The van der Waals surface area contributed by atoms with Crippen molar-refractivity contribution < 1.29 is 0 Å². The predicted octanol–water partition coefficient (Wildman–Crippen LogP) is 2.89. The molecule has 1 N–H and O–H groups in total. The van der Waals surface area contributed by atoms with Gasteiger partial charge in [0.05, 0.1) is 0 Å². The third-order valence-corrected chi connectivity index (χ3v) is 4.87. The molecule has 1 aliphatic heterocycles. The summed E-state index contributed by atoms with van der Waals surface area (Å²) in [4.78, 5) is 4.65. The summed E-state index contributed by atoms with van der Waals surface area (Å²) in [6.45, 7) is 7.91. The van der Waals surface area contributed by atoms with E-state index in [0.717, 1.165) is 12.5 Å². The number of hydrogen-bond acceptors (Lipinski definition) is 3. The largest absolute Gasteiger partial charge is 0.362 e. The highest BCUT2D eigenvalue weighted by molar-refractivity contribution is 8.13. The molecule has 1 saturated carbocycles. The van der Waals surface area contributed by atoms with Crippen LogP contribution in [0.3, 0.4) is 0 Å². The second-order valence-corrected chi connectivity index (χ2v) is 6.70. The van der Waals surface area contributed by atoms with Crippen molar-refractivity contribution in [2.75, 3.05) is 12.3 Å². The fourth-order valence-corrected chi connectivity index (χ4v) is 3.26. The zero-order valence-corrected chi connectivity index (χ0v) is 10.9. The van der Waals surface area contributed by atoms with E-state index in [4.69, 9.17) is 0 Å². The molecule has 0 amide bonds. The van der Waals surface area contributed by atoms with E-state index in [0.29, 0.717) is 11.5 Å². The van der Waals surface area contributed by atoms with Crippen molar-refractivity contribution in [1.29, 1.82) is 0 Å². The molecule has 2 nitrogen and oxygen atoms in total. The highest BCUT2D eigenvalue weighted by atomic mass is 32.2. The van der Waals surface area contributed by atoms with Crippen molar-refractivity contribution in [3.63, 3.8) is 0 Å². The molecule has 15 heavy (non-hydrogen) atoms. The van der Waals surface area contributed by atoms with Crippen molar-refractivity contribution >= 4 is 16.9 Å². The van der Waals surface area contributed by atoms with Gasteiger partial charge >= 0.3 is 0 Å². The number of nitrogens with one attached hydrogen (secondary N) is 1. The minimum Gasteiger partial charge on any atom is -0.362 e. The van der Waals surface area contributed by atoms with Gasteiger partial charge in [-0.3, -0.25) is 4.99 Å². The summed E-state index contributed by atoms with van der Waals surface area (Å²) < 4.78 is 0. The molecule has 3 heteroatoms. The van der Waals surface area contributed by atoms with Crippen LogP contribution in [0, 0.1) is 11.3 Å². The van der Waals surface area contributed by atoms with Gasteiger partial charge in [0.2, 0.25) is 0 Å². The fraction of sp³-hybridized carbons (Fsp3) is 0.917. The van der Waals surface area contributed by atoms with E-state index in [9.17, 15) is 0 Å². The van der Waals surface area contributed by atoms with Crippen molar-refractivity contribution in [3.05, 3.63) is 0 Å². The Kier molecular flexibility index (Phi) is 3.29. The molecule has 1 fully saturated rings. The third-order valence-electron chi connectivity index (χ3n) is 3.42. The molecule has 0 aromatic rings. The van der Waals surface area contributed by atoms with Gasteiger partial charge in [-0.15, -0.1) is 0 Å². The number of nitrogens with zero attached hydrogens (tertiary/aromatic N) is 1. The normalized spacial score (nSPS) is 35.0. The van der Waals surface area contributed by atoms with Crippen LogP contribution in [0.25, 0.3) is 0 Å². The molecule has 1 aliphatic carbocycles. The lowest BCUT2D eigenvalue weighted by molar-refractivity contribution is 0.433. The minimum atomic E-state index is 0.386. The minimum absolute atomic E-state index is 0.386. The third kappa shape index (κ3) is 2.90. The van der Waals surface area contributed by atoms with E-state index in [-0.39, 0.29) is 0 Å². The lowest BCUT2D eigenvalue weighted by Crippen LogP contribution is -2.38. The van der Waals surface area contributed by atoms with Crippen LogP contribution in [0.15, 0.2) is 4.99 Å². The van der Waals surface area contributed by atoms with E-state index in [1.54, 1.807) is 0 Å². The monoisotopic (exact) mass is 226 g/mol. The zero-order valence-electron chi connectivity index (χ0n) is 10.0. The van der Waals surface area contributed by atoms with Crippen molar-refractivity contribution in [2.24, 2.45) is 16.3 Å². The SMILES string of the molecule is CC1CCCC1NC1=NCC(C)(C)CS1. The highest BCUT2D eigenvalue weighted by Gasteiger charge is 2.27. The molecule has 1 heterocycles. The second kappa shape index (κ2) is 4.36. The molecule has 2 unspecified atom stereocenters. The smallest absolute Gasteiger partial charge is 0.156 e. The quantitative estimate of drug-likeness (QED) is 0.743. The van der Waals surface area contributed by atoms with Gasteiger partial charge in [0.25, 0.3) is 0 Å². The Balaban J connectivity index is 1.88. The van der Waals surface area contributed by atoms with Gasteiger partial charge < -0.3 is 5.32 Å². The standard InChI is InChI=1S/C12H22N2S/c1-9-5-4-6-10(9)14-11-13-7-12(2,3)8-15-11/h9-10H,4-8H2,1-3H3,(H,13,14). The Morgan fingerprint density at radius 2 is 2.20 bits per heavy atom. The summed E-state index contributed by atoms with van der Waals surface area (Å²) in [6, 6.07) is 0.678. The van der Waals surface area contributed by atoms with E-state index in [1.165, 1.54) is 30.2 Å². The maximum atomic E-state index is 4.65. The van der Waals surface area contributed by atoms with Crippen LogP contribution in [0.2, 0.25) is 0 Å². The first-order valence-corrected chi connectivity index (χ1v) is 6.99. The number of rotatable bonds is 1. The lowest BCUT2D eigenvalue weighted by atomic mass is 9.97. The summed E-state index contributed by atoms with van der Waals surface area (Å²) in [5.74, 6) is 2.02. The first-order chi connectivity index (χ1) is 7.07. The zero-order chi connectivity index (χ0) is 10.9. The maximum Gasteiger partial charge on any atom is 0.156 e. The van der Waals surface area contributed by atoms with E-state index < -0.39 is 0 Å². The first-order valence-electron chi connectivity index (χ1n) is 6.01. The predicted molar refractivity (Wildman–Crippen MR) is 68.5 cm³/mol. The van der Waals surface area contributed by atoms with Crippen LogP contribution in [0.4, 0.5) is 0 Å². The van der Waals surface area contributed by atoms with E-state index in [2.05, 4.69) is 31.1 Å². The summed E-state index contributed by atoms with van der Waals surface area (Å²) >= 11 is 1.90. The first kappa shape index (κ1) is 11.3. The van der Waals surface area contributed by atoms with Crippen LogP contribution in [0.1, 0.15) is 40.0 Å². The Bertz CT molecular complexity index is 260. The van der Waals surface area contributed by atoms with Crippen LogP contribution in [-0.4, -0.2) is 23.5 Å². The number of aliphatic imine (C=N–C) groups is 1. The Hall–Kier alpha value is -0.180.